The SMILES string of the molecule is CCOC(=O)[C@H](Sc1nnc(COc2cccc(OC)c2)n1C)C(C)C. The van der Waals surface area contributed by atoms with Crippen molar-refractivity contribution in [2.45, 2.75) is 37.8 Å². The first-order valence-electron chi connectivity index (χ1n) is 8.44. The fourth-order valence-corrected chi connectivity index (χ4v) is 3.22. The highest BCUT2D eigenvalue weighted by molar-refractivity contribution is 8.00. The van der Waals surface area contributed by atoms with Crippen molar-refractivity contribution in [1.29, 1.82) is 0 Å². The van der Waals surface area contributed by atoms with Gasteiger partial charge in [-0.05, 0) is 25.0 Å². The van der Waals surface area contributed by atoms with E-state index in [4.69, 9.17) is 14.2 Å². The molecule has 142 valence electrons. The maximum Gasteiger partial charge on any atom is 0.319 e. The largest absolute Gasteiger partial charge is 0.497 e. The summed E-state index contributed by atoms with van der Waals surface area (Å²) in [7, 11) is 3.47. The summed E-state index contributed by atoms with van der Waals surface area (Å²) >= 11 is 1.36. The van der Waals surface area contributed by atoms with Crippen LogP contribution in [-0.4, -0.2) is 39.7 Å². The number of benzene rings is 1. The van der Waals surface area contributed by atoms with E-state index in [9.17, 15) is 4.79 Å². The molecule has 7 nitrogen and oxygen atoms in total. The molecule has 0 aliphatic carbocycles. The normalized spacial score (nSPS) is 12.1. The molecule has 1 heterocycles. The molecule has 2 rings (SSSR count). The Bertz CT molecular complexity index is 733. The van der Waals surface area contributed by atoms with Gasteiger partial charge in [-0.1, -0.05) is 31.7 Å². The van der Waals surface area contributed by atoms with Crippen LogP contribution >= 0.6 is 11.8 Å². The summed E-state index contributed by atoms with van der Waals surface area (Å²) in [5, 5.41) is 8.69. The first-order valence-corrected chi connectivity index (χ1v) is 9.32. The van der Waals surface area contributed by atoms with Crippen LogP contribution < -0.4 is 9.47 Å². The standard InChI is InChI=1S/C18H25N3O4S/c1-6-24-17(22)16(12(2)3)26-18-20-19-15(21(18)4)11-25-14-9-7-8-13(10-14)23-5/h7-10,12,16H,6,11H2,1-5H3/t16-/m1/s1. The maximum atomic E-state index is 12.1. The molecule has 0 saturated heterocycles. The van der Waals surface area contributed by atoms with Crippen molar-refractivity contribution in [2.75, 3.05) is 13.7 Å². The van der Waals surface area contributed by atoms with E-state index in [1.165, 1.54) is 11.8 Å². The topological polar surface area (TPSA) is 75.5 Å². The van der Waals surface area contributed by atoms with Gasteiger partial charge in [-0.2, -0.15) is 0 Å². The quantitative estimate of drug-likeness (QED) is 0.489. The number of carbonyl (C=O) groups is 1. The van der Waals surface area contributed by atoms with Gasteiger partial charge in [-0.25, -0.2) is 0 Å². The second-order valence-electron chi connectivity index (χ2n) is 5.96. The highest BCUT2D eigenvalue weighted by Gasteiger charge is 2.27. The number of ether oxygens (including phenoxy) is 3. The Labute approximate surface area is 158 Å². The zero-order chi connectivity index (χ0) is 19.1. The molecule has 2 aromatic rings. The highest BCUT2D eigenvalue weighted by atomic mass is 32.2. The Balaban J connectivity index is 2.05. The summed E-state index contributed by atoms with van der Waals surface area (Å²) in [6, 6.07) is 7.37. The lowest BCUT2D eigenvalue weighted by Crippen LogP contribution is -2.26. The van der Waals surface area contributed by atoms with Gasteiger partial charge in [0.2, 0.25) is 0 Å². The first-order chi connectivity index (χ1) is 12.5. The Morgan fingerprint density at radius 1 is 1.27 bits per heavy atom. The van der Waals surface area contributed by atoms with E-state index in [0.717, 1.165) is 5.75 Å². The van der Waals surface area contributed by atoms with Gasteiger partial charge in [0.1, 0.15) is 23.4 Å². The molecule has 0 spiro atoms. The molecule has 0 amide bonds. The number of esters is 1. The Morgan fingerprint density at radius 2 is 2.00 bits per heavy atom. The van der Waals surface area contributed by atoms with Gasteiger partial charge in [-0.3, -0.25) is 4.79 Å². The Kier molecular flexibility index (Phi) is 7.32. The molecule has 26 heavy (non-hydrogen) atoms. The van der Waals surface area contributed by atoms with Gasteiger partial charge in [0.05, 0.1) is 13.7 Å². The van der Waals surface area contributed by atoms with Crippen LogP contribution in [0.4, 0.5) is 0 Å². The number of methoxy groups -OCH3 is 1. The number of thioether (sulfide) groups is 1. The van der Waals surface area contributed by atoms with E-state index in [0.29, 0.717) is 23.3 Å². The monoisotopic (exact) mass is 379 g/mol. The number of hydrogen-bond acceptors (Lipinski definition) is 7. The molecule has 0 fully saturated rings. The van der Waals surface area contributed by atoms with E-state index in [2.05, 4.69) is 10.2 Å². The summed E-state index contributed by atoms with van der Waals surface area (Å²) in [5.74, 6) is 1.97. The molecule has 1 aromatic carbocycles. The second-order valence-corrected chi connectivity index (χ2v) is 7.07. The van der Waals surface area contributed by atoms with Gasteiger partial charge in [0.25, 0.3) is 0 Å². The number of rotatable bonds is 9. The summed E-state index contributed by atoms with van der Waals surface area (Å²) < 4.78 is 17.9. The molecule has 0 bridgehead atoms. The average Bonchev–Trinajstić information content (AvgIpc) is 2.97. The van der Waals surface area contributed by atoms with Crippen molar-refractivity contribution in [1.82, 2.24) is 14.8 Å². The van der Waals surface area contributed by atoms with Crippen LogP contribution in [0.3, 0.4) is 0 Å². The molecule has 8 heteroatoms. The van der Waals surface area contributed by atoms with Gasteiger partial charge in [0.15, 0.2) is 11.0 Å². The van der Waals surface area contributed by atoms with Crippen LogP contribution in [0.1, 0.15) is 26.6 Å². The first kappa shape index (κ1) is 20.1. The van der Waals surface area contributed by atoms with Crippen LogP contribution in [0.25, 0.3) is 0 Å². The summed E-state index contributed by atoms with van der Waals surface area (Å²) in [4.78, 5) is 12.1. The van der Waals surface area contributed by atoms with Crippen molar-refractivity contribution in [2.24, 2.45) is 13.0 Å². The lowest BCUT2D eigenvalue weighted by atomic mass is 10.1. The molecule has 0 aliphatic heterocycles. The second kappa shape index (κ2) is 9.47. The minimum Gasteiger partial charge on any atom is -0.497 e. The van der Waals surface area contributed by atoms with Gasteiger partial charge < -0.3 is 18.8 Å². The Hall–Kier alpha value is -2.22. The van der Waals surface area contributed by atoms with Crippen LogP contribution in [-0.2, 0) is 23.2 Å². The summed E-state index contributed by atoms with van der Waals surface area (Å²) in [6.45, 7) is 6.40. The fraction of sp³-hybridized carbons (Fsp3) is 0.500. The number of aromatic nitrogens is 3. The lowest BCUT2D eigenvalue weighted by Gasteiger charge is -2.17. The zero-order valence-corrected chi connectivity index (χ0v) is 16.6. The van der Waals surface area contributed by atoms with E-state index < -0.39 is 0 Å². The third kappa shape index (κ3) is 5.14. The van der Waals surface area contributed by atoms with Crippen molar-refractivity contribution < 1.29 is 19.0 Å². The third-order valence-electron chi connectivity index (χ3n) is 3.69. The van der Waals surface area contributed by atoms with Crippen LogP contribution in [0.15, 0.2) is 29.4 Å². The van der Waals surface area contributed by atoms with Crippen molar-refractivity contribution in [3.05, 3.63) is 30.1 Å². The number of hydrogen-bond donors (Lipinski definition) is 0. The molecule has 0 saturated carbocycles. The van der Waals surface area contributed by atoms with Gasteiger partial charge in [-0.15, -0.1) is 10.2 Å². The van der Waals surface area contributed by atoms with Crippen LogP contribution in [0.2, 0.25) is 0 Å². The van der Waals surface area contributed by atoms with Crippen LogP contribution in [0.5, 0.6) is 11.5 Å². The van der Waals surface area contributed by atoms with Gasteiger partial charge in [0, 0.05) is 13.1 Å². The summed E-state index contributed by atoms with van der Waals surface area (Å²) in [6.07, 6.45) is 0. The van der Waals surface area contributed by atoms with Gasteiger partial charge >= 0.3 is 5.97 Å². The van der Waals surface area contributed by atoms with E-state index in [1.54, 1.807) is 14.0 Å². The Morgan fingerprint density at radius 3 is 2.65 bits per heavy atom. The van der Waals surface area contributed by atoms with E-state index in [1.807, 2.05) is 49.7 Å². The molecular formula is C18H25N3O4S. The van der Waals surface area contributed by atoms with Crippen molar-refractivity contribution >= 4 is 17.7 Å². The minimum atomic E-state index is -0.329. The highest BCUT2D eigenvalue weighted by Crippen LogP contribution is 2.28. The summed E-state index contributed by atoms with van der Waals surface area (Å²) in [5.41, 5.74) is 0. The molecule has 0 N–H and O–H groups in total. The van der Waals surface area contributed by atoms with E-state index in [-0.39, 0.29) is 23.7 Å². The molecule has 0 radical (unpaired) electrons. The fourth-order valence-electron chi connectivity index (χ4n) is 2.21. The predicted molar refractivity (Wildman–Crippen MR) is 99.4 cm³/mol. The maximum absolute atomic E-state index is 12.1. The lowest BCUT2D eigenvalue weighted by molar-refractivity contribution is -0.143. The molecule has 1 atom stereocenters. The molecule has 0 aliphatic rings. The van der Waals surface area contributed by atoms with Crippen molar-refractivity contribution in [3.8, 4) is 11.5 Å². The molecule has 0 unspecified atom stereocenters. The van der Waals surface area contributed by atoms with Crippen molar-refractivity contribution in [3.63, 3.8) is 0 Å². The number of carbonyl (C=O) groups excluding carboxylic acids is 1. The van der Waals surface area contributed by atoms with Crippen LogP contribution in [0, 0.1) is 5.92 Å². The minimum absolute atomic E-state index is 0.118. The smallest absolute Gasteiger partial charge is 0.319 e. The third-order valence-corrected chi connectivity index (χ3v) is 5.25. The molecule has 1 aromatic heterocycles. The zero-order valence-electron chi connectivity index (χ0n) is 15.8. The number of nitrogens with zero attached hydrogens (tertiary/aromatic N) is 3. The predicted octanol–water partition coefficient (Wildman–Crippen LogP) is 3.08. The molecular weight excluding hydrogens is 354 g/mol. The van der Waals surface area contributed by atoms with E-state index >= 15 is 0 Å². The average molecular weight is 379 g/mol.